The Morgan fingerprint density at radius 3 is 2.67 bits per heavy atom. The second-order valence-corrected chi connectivity index (χ2v) is 7.68. The van der Waals surface area contributed by atoms with E-state index >= 15 is 0 Å². The van der Waals surface area contributed by atoms with Crippen LogP contribution in [0.25, 0.3) is 6.08 Å². The highest BCUT2D eigenvalue weighted by molar-refractivity contribution is 6.06. The number of hydrogen-bond acceptors (Lipinski definition) is 8. The number of methoxy groups -OCH3 is 1. The van der Waals surface area contributed by atoms with Crippen LogP contribution in [0.3, 0.4) is 0 Å². The van der Waals surface area contributed by atoms with Gasteiger partial charge < -0.3 is 24.3 Å². The van der Waals surface area contributed by atoms with Crippen LogP contribution in [0.4, 0.5) is 11.4 Å². The Balaban J connectivity index is 1.45. The monoisotopic (exact) mass is 490 g/mol. The molecule has 10 heteroatoms. The average Bonchev–Trinajstić information content (AvgIpc) is 2.90. The maximum absolute atomic E-state index is 12.8. The number of ether oxygens (including phenoxy) is 4. The topological polar surface area (TPSA) is 126 Å². The summed E-state index contributed by atoms with van der Waals surface area (Å²) in [5.41, 5.74) is 1.87. The number of nitro groups is 1. The van der Waals surface area contributed by atoms with Crippen LogP contribution in [0.15, 0.2) is 66.7 Å². The normalized spacial score (nSPS) is 12.4. The van der Waals surface area contributed by atoms with E-state index in [-0.39, 0.29) is 36.9 Å². The molecule has 3 aromatic carbocycles. The Kier molecular flexibility index (Phi) is 7.57. The van der Waals surface area contributed by atoms with Crippen LogP contribution in [0.2, 0.25) is 0 Å². The smallest absolute Gasteiger partial charge is 0.340 e. The summed E-state index contributed by atoms with van der Waals surface area (Å²) >= 11 is 0. The molecule has 1 heterocycles. The maximum Gasteiger partial charge on any atom is 0.340 e. The van der Waals surface area contributed by atoms with Crippen LogP contribution in [-0.4, -0.2) is 30.7 Å². The lowest BCUT2D eigenvalue weighted by atomic mass is 10.1. The molecule has 3 aromatic rings. The Morgan fingerprint density at radius 2 is 1.92 bits per heavy atom. The van der Waals surface area contributed by atoms with Crippen molar-refractivity contribution in [2.45, 2.75) is 13.2 Å². The number of carbonyl (C=O) groups is 2. The van der Waals surface area contributed by atoms with Crippen molar-refractivity contribution in [3.8, 4) is 11.5 Å². The lowest BCUT2D eigenvalue weighted by molar-refractivity contribution is -0.385. The summed E-state index contributed by atoms with van der Waals surface area (Å²) in [4.78, 5) is 36.0. The second kappa shape index (κ2) is 11.2. The van der Waals surface area contributed by atoms with Crippen molar-refractivity contribution >= 4 is 29.3 Å². The van der Waals surface area contributed by atoms with Crippen molar-refractivity contribution in [1.82, 2.24) is 0 Å². The minimum atomic E-state index is -0.711. The number of rotatable bonds is 8. The van der Waals surface area contributed by atoms with E-state index in [0.717, 1.165) is 5.56 Å². The fourth-order valence-electron chi connectivity index (χ4n) is 3.55. The zero-order chi connectivity index (χ0) is 25.5. The third-order valence-corrected chi connectivity index (χ3v) is 5.29. The van der Waals surface area contributed by atoms with Crippen LogP contribution >= 0.6 is 0 Å². The summed E-state index contributed by atoms with van der Waals surface area (Å²) in [7, 11) is 1.57. The number of carbonyl (C=O) groups excluding carboxylic acids is 2. The highest BCUT2D eigenvalue weighted by Gasteiger charge is 2.22. The number of non-ortho nitro benzene ring substituents is 1. The predicted octanol–water partition coefficient (Wildman–Crippen LogP) is 4.48. The number of fused-ring (bicyclic) bond motifs is 1. The number of para-hydroxylation sites is 1. The molecule has 4 rings (SSSR count). The summed E-state index contributed by atoms with van der Waals surface area (Å²) in [6.45, 7) is -0.121. The van der Waals surface area contributed by atoms with Gasteiger partial charge in [-0.3, -0.25) is 14.9 Å². The van der Waals surface area contributed by atoms with Crippen molar-refractivity contribution in [3.63, 3.8) is 0 Å². The van der Waals surface area contributed by atoms with Gasteiger partial charge in [-0.1, -0.05) is 24.3 Å². The van der Waals surface area contributed by atoms with Crippen LogP contribution in [-0.2, 0) is 27.5 Å². The molecule has 0 spiro atoms. The van der Waals surface area contributed by atoms with Gasteiger partial charge in [-0.05, 0) is 35.9 Å². The van der Waals surface area contributed by atoms with E-state index in [9.17, 15) is 19.7 Å². The number of nitrogens with one attached hydrogen (secondary N) is 1. The number of nitrogens with zero attached hydrogens (tertiary/aromatic N) is 1. The molecule has 0 fully saturated rings. The molecule has 1 aliphatic heterocycles. The fourth-order valence-corrected chi connectivity index (χ4v) is 3.55. The first-order chi connectivity index (χ1) is 17.4. The van der Waals surface area contributed by atoms with Crippen molar-refractivity contribution in [2.75, 3.05) is 19.2 Å². The highest BCUT2D eigenvalue weighted by atomic mass is 16.7. The first kappa shape index (κ1) is 24.4. The molecular formula is C26H22N2O8. The van der Waals surface area contributed by atoms with Gasteiger partial charge >= 0.3 is 5.97 Å². The van der Waals surface area contributed by atoms with Crippen LogP contribution in [0, 0.1) is 10.1 Å². The predicted molar refractivity (Wildman–Crippen MR) is 130 cm³/mol. The van der Waals surface area contributed by atoms with Gasteiger partial charge in [0.15, 0.2) is 6.79 Å². The van der Waals surface area contributed by atoms with E-state index in [2.05, 4.69) is 5.32 Å². The van der Waals surface area contributed by atoms with Gasteiger partial charge in [-0.2, -0.15) is 0 Å². The minimum Gasteiger partial charge on any atom is -0.497 e. The molecule has 0 unspecified atom stereocenters. The molecule has 1 aliphatic rings. The molecule has 184 valence electrons. The third kappa shape index (κ3) is 5.86. The van der Waals surface area contributed by atoms with Gasteiger partial charge in [0, 0.05) is 29.3 Å². The number of amides is 1. The Morgan fingerprint density at radius 1 is 1.14 bits per heavy atom. The van der Waals surface area contributed by atoms with Crippen molar-refractivity contribution < 1.29 is 33.5 Å². The van der Waals surface area contributed by atoms with Crippen LogP contribution < -0.4 is 14.8 Å². The molecule has 0 aliphatic carbocycles. The van der Waals surface area contributed by atoms with Crippen molar-refractivity contribution in [3.05, 3.63) is 99.1 Å². The third-order valence-electron chi connectivity index (χ3n) is 5.29. The summed E-state index contributed by atoms with van der Waals surface area (Å²) < 4.78 is 21.2. The van der Waals surface area contributed by atoms with E-state index in [4.69, 9.17) is 18.9 Å². The molecule has 1 amide bonds. The van der Waals surface area contributed by atoms with Gasteiger partial charge in [0.25, 0.3) is 5.69 Å². The zero-order valence-electron chi connectivity index (χ0n) is 19.3. The van der Waals surface area contributed by atoms with Gasteiger partial charge in [-0.15, -0.1) is 0 Å². The Labute approximate surface area is 206 Å². The van der Waals surface area contributed by atoms with Crippen molar-refractivity contribution in [1.29, 1.82) is 0 Å². The quantitative estimate of drug-likeness (QED) is 0.212. The van der Waals surface area contributed by atoms with Gasteiger partial charge in [0.2, 0.25) is 5.91 Å². The summed E-state index contributed by atoms with van der Waals surface area (Å²) in [6.07, 6.45) is 2.98. The Bertz CT molecular complexity index is 1320. The first-order valence-corrected chi connectivity index (χ1v) is 10.8. The molecule has 0 saturated carbocycles. The summed E-state index contributed by atoms with van der Waals surface area (Å²) in [5, 5.41) is 14.0. The van der Waals surface area contributed by atoms with Crippen LogP contribution in [0.5, 0.6) is 11.5 Å². The van der Waals surface area contributed by atoms with Crippen molar-refractivity contribution in [2.24, 2.45) is 0 Å². The molecule has 36 heavy (non-hydrogen) atoms. The highest BCUT2D eigenvalue weighted by Crippen LogP contribution is 2.33. The first-order valence-electron chi connectivity index (χ1n) is 10.8. The molecular weight excluding hydrogens is 468 g/mol. The maximum atomic E-state index is 12.8. The molecule has 0 bridgehead atoms. The second-order valence-electron chi connectivity index (χ2n) is 7.68. The van der Waals surface area contributed by atoms with E-state index in [1.165, 1.54) is 24.3 Å². The largest absolute Gasteiger partial charge is 0.497 e. The number of hydrogen-bond donors (Lipinski definition) is 1. The zero-order valence-corrected chi connectivity index (χ0v) is 19.3. The Hall–Kier alpha value is -4.70. The number of nitro benzene ring substituents is 1. The average molecular weight is 490 g/mol. The fraction of sp³-hybridized carbons (Fsp3) is 0.154. The van der Waals surface area contributed by atoms with E-state index in [1.54, 1.807) is 55.7 Å². The SMILES string of the molecule is COc1ccc(/C=C/C(=O)Nc2ccccc2C(=O)OCc2cc([N+](=O)[O-])cc3c2OCOC3)cc1. The minimum absolute atomic E-state index is 0.00926. The number of anilines is 1. The van der Waals surface area contributed by atoms with Crippen LogP contribution in [0.1, 0.15) is 27.0 Å². The van der Waals surface area contributed by atoms with Gasteiger partial charge in [0.05, 0.1) is 29.9 Å². The summed E-state index contributed by atoms with van der Waals surface area (Å²) in [6, 6.07) is 16.2. The lowest BCUT2D eigenvalue weighted by Gasteiger charge is -2.20. The van der Waals surface area contributed by atoms with E-state index < -0.39 is 16.8 Å². The molecule has 10 nitrogen and oxygen atoms in total. The number of benzene rings is 3. The lowest BCUT2D eigenvalue weighted by Crippen LogP contribution is -2.16. The van der Waals surface area contributed by atoms with E-state index in [1.807, 2.05) is 0 Å². The van der Waals surface area contributed by atoms with Gasteiger partial charge in [0.1, 0.15) is 18.1 Å². The standard InChI is InChI=1S/C26H22N2O8/c1-33-21-9-6-17(7-10-21)8-11-24(29)27-23-5-3-2-4-22(23)26(30)35-15-19-13-20(28(31)32)12-18-14-34-16-36-25(18)19/h2-13H,14-16H2,1H3,(H,27,29)/b11-8+. The molecule has 1 N–H and O–H groups in total. The van der Waals surface area contributed by atoms with E-state index in [0.29, 0.717) is 22.6 Å². The molecule has 0 aromatic heterocycles. The molecule has 0 saturated heterocycles. The van der Waals surface area contributed by atoms with Gasteiger partial charge in [-0.25, -0.2) is 4.79 Å². The number of esters is 1. The summed E-state index contributed by atoms with van der Waals surface area (Å²) in [5.74, 6) is -0.0518. The molecule has 0 radical (unpaired) electrons. The molecule has 0 atom stereocenters.